The van der Waals surface area contributed by atoms with Gasteiger partial charge in [0.25, 0.3) is 5.91 Å². The summed E-state index contributed by atoms with van der Waals surface area (Å²) in [7, 11) is 1.95. The molecule has 218 valence electrons. The van der Waals surface area contributed by atoms with Gasteiger partial charge in [0, 0.05) is 50.2 Å². The van der Waals surface area contributed by atoms with Gasteiger partial charge in [-0.1, -0.05) is 18.3 Å². The van der Waals surface area contributed by atoms with Crippen molar-refractivity contribution < 1.29 is 14.3 Å². The quantitative estimate of drug-likeness (QED) is 0.337. The molecule has 1 aliphatic heterocycles. The lowest BCUT2D eigenvalue weighted by Gasteiger charge is -2.33. The first-order chi connectivity index (χ1) is 20.2. The number of amides is 1. The van der Waals surface area contributed by atoms with Crippen molar-refractivity contribution in [2.45, 2.75) is 51.6 Å². The molecule has 0 bridgehead atoms. The first-order valence-electron chi connectivity index (χ1n) is 14.4. The minimum atomic E-state index is -1.12. The van der Waals surface area contributed by atoms with E-state index in [1.165, 1.54) is 23.5 Å². The number of aromatic nitrogens is 3. The molecule has 4 aromatic rings. The Morgan fingerprint density at radius 2 is 1.86 bits per heavy atom. The number of nitriles is 1. The Kier molecular flexibility index (Phi) is 7.37. The predicted octanol–water partition coefficient (Wildman–Crippen LogP) is 5.06. The number of carbonyl (C=O) groups excluding carboxylic acids is 1. The second kappa shape index (κ2) is 11.0. The van der Waals surface area contributed by atoms with E-state index in [0.29, 0.717) is 47.2 Å². The van der Waals surface area contributed by atoms with Crippen LogP contribution in [0.2, 0.25) is 0 Å². The molecular weight excluding hydrogens is 553 g/mol. The molecule has 0 unspecified atom stereocenters. The van der Waals surface area contributed by atoms with Crippen LogP contribution in [0.3, 0.4) is 0 Å². The van der Waals surface area contributed by atoms with Gasteiger partial charge in [-0.2, -0.15) is 10.4 Å². The van der Waals surface area contributed by atoms with Crippen LogP contribution in [0, 0.1) is 24.1 Å². The molecule has 1 saturated heterocycles. The molecule has 3 aromatic heterocycles. The highest BCUT2D eigenvalue weighted by molar-refractivity contribution is 7.16. The average Bonchev–Trinajstić information content (AvgIpc) is 3.40. The van der Waals surface area contributed by atoms with E-state index in [2.05, 4.69) is 36.9 Å². The van der Waals surface area contributed by atoms with Crippen LogP contribution in [-0.2, 0) is 11.2 Å². The van der Waals surface area contributed by atoms with E-state index >= 15 is 0 Å². The molecule has 2 aliphatic rings. The number of benzene rings is 1. The van der Waals surface area contributed by atoms with Crippen molar-refractivity contribution in [3.8, 4) is 17.3 Å². The maximum atomic E-state index is 13.5. The molecule has 6 rings (SSSR count). The van der Waals surface area contributed by atoms with Crippen molar-refractivity contribution in [3.05, 3.63) is 58.5 Å². The van der Waals surface area contributed by atoms with Crippen molar-refractivity contribution in [1.29, 1.82) is 5.26 Å². The number of pyridine rings is 1. The molecule has 1 saturated carbocycles. The van der Waals surface area contributed by atoms with Gasteiger partial charge in [-0.15, -0.1) is 0 Å². The third kappa shape index (κ3) is 5.10. The summed E-state index contributed by atoms with van der Waals surface area (Å²) in [4.78, 5) is 24.2. The van der Waals surface area contributed by atoms with Gasteiger partial charge < -0.3 is 19.8 Å². The van der Waals surface area contributed by atoms with E-state index in [1.54, 1.807) is 12.1 Å². The predicted molar refractivity (Wildman–Crippen MR) is 162 cm³/mol. The van der Waals surface area contributed by atoms with Crippen molar-refractivity contribution >= 4 is 39.3 Å². The third-order valence-electron chi connectivity index (χ3n) is 8.22. The maximum Gasteiger partial charge on any atom is 0.254 e. The van der Waals surface area contributed by atoms with Gasteiger partial charge in [0.1, 0.15) is 28.1 Å². The lowest BCUT2D eigenvalue weighted by Crippen LogP contribution is -2.45. The fourth-order valence-corrected chi connectivity index (χ4v) is 6.61. The fraction of sp³-hybridized carbons (Fsp3) is 0.419. The van der Waals surface area contributed by atoms with Gasteiger partial charge in [-0.3, -0.25) is 4.79 Å². The SMILES string of the molecule is CCc1nn2c(C)cc(N3CCCN(C(=O)C4(O)CC4)CCC3)cc2c1N(C)c1nc(-c2ccc(F)cc2)c(C#N)s1. The number of hydrogen-bond acceptors (Lipinski definition) is 8. The number of rotatable bonds is 6. The third-order valence-corrected chi connectivity index (χ3v) is 9.26. The molecule has 1 N–H and O–H groups in total. The van der Waals surface area contributed by atoms with Gasteiger partial charge >= 0.3 is 0 Å². The van der Waals surface area contributed by atoms with Crippen LogP contribution in [0.1, 0.15) is 48.9 Å². The Balaban J connectivity index is 1.31. The maximum absolute atomic E-state index is 13.5. The second-order valence-electron chi connectivity index (χ2n) is 11.2. The van der Waals surface area contributed by atoms with Crippen LogP contribution in [0.5, 0.6) is 0 Å². The molecule has 0 spiro atoms. The summed E-state index contributed by atoms with van der Waals surface area (Å²) in [5.74, 6) is -0.450. The Morgan fingerprint density at radius 1 is 1.17 bits per heavy atom. The highest BCUT2D eigenvalue weighted by Gasteiger charge is 2.50. The van der Waals surface area contributed by atoms with Gasteiger partial charge in [-0.25, -0.2) is 13.9 Å². The molecule has 11 heteroatoms. The van der Waals surface area contributed by atoms with Crippen LogP contribution < -0.4 is 9.80 Å². The molecule has 1 amide bonds. The van der Waals surface area contributed by atoms with Crippen molar-refractivity contribution in [2.75, 3.05) is 43.0 Å². The first kappa shape index (κ1) is 28.1. The molecule has 2 fully saturated rings. The lowest BCUT2D eigenvalue weighted by molar-refractivity contribution is -0.142. The molecule has 0 radical (unpaired) electrons. The number of nitrogens with zero attached hydrogens (tertiary/aromatic N) is 7. The number of carbonyl (C=O) groups is 1. The second-order valence-corrected chi connectivity index (χ2v) is 12.1. The molecule has 42 heavy (non-hydrogen) atoms. The number of anilines is 3. The zero-order chi connectivity index (χ0) is 29.6. The number of fused-ring (bicyclic) bond motifs is 1. The van der Waals surface area contributed by atoms with Crippen molar-refractivity contribution in [3.63, 3.8) is 0 Å². The average molecular weight is 588 g/mol. The molecule has 1 aromatic carbocycles. The summed E-state index contributed by atoms with van der Waals surface area (Å²) >= 11 is 1.31. The summed E-state index contributed by atoms with van der Waals surface area (Å²) in [5, 5.41) is 25.7. The zero-order valence-corrected chi connectivity index (χ0v) is 24.9. The fourth-order valence-electron chi connectivity index (χ4n) is 5.75. The minimum Gasteiger partial charge on any atom is -0.380 e. The van der Waals surface area contributed by atoms with Gasteiger partial charge in [0.2, 0.25) is 0 Å². The van der Waals surface area contributed by atoms with E-state index in [1.807, 2.05) is 21.4 Å². The normalized spacial score (nSPS) is 16.7. The number of halogens is 1. The summed E-state index contributed by atoms with van der Waals surface area (Å²) < 4.78 is 15.5. The topological polar surface area (TPSA) is 101 Å². The van der Waals surface area contributed by atoms with Crippen LogP contribution in [-0.4, -0.2) is 69.3 Å². The lowest BCUT2D eigenvalue weighted by atomic mass is 10.1. The number of aliphatic hydroxyl groups is 1. The van der Waals surface area contributed by atoms with E-state index in [9.17, 15) is 19.6 Å². The van der Waals surface area contributed by atoms with Crippen molar-refractivity contribution in [2.24, 2.45) is 0 Å². The molecule has 1 aliphatic carbocycles. The number of thiazole rings is 1. The summed E-state index contributed by atoms with van der Waals surface area (Å²) in [6.45, 7) is 7.01. The van der Waals surface area contributed by atoms with Gasteiger partial charge in [0.15, 0.2) is 5.13 Å². The van der Waals surface area contributed by atoms with Crippen molar-refractivity contribution in [1.82, 2.24) is 19.5 Å². The van der Waals surface area contributed by atoms with E-state index in [0.717, 1.165) is 60.6 Å². The zero-order valence-electron chi connectivity index (χ0n) is 24.1. The minimum absolute atomic E-state index is 0.114. The Labute approximate surface area is 248 Å². The molecule has 9 nitrogen and oxygen atoms in total. The van der Waals surface area contributed by atoms with Gasteiger partial charge in [0.05, 0.1) is 16.9 Å². The van der Waals surface area contributed by atoms with E-state index in [-0.39, 0.29) is 11.7 Å². The summed E-state index contributed by atoms with van der Waals surface area (Å²) in [6.07, 6.45) is 3.50. The van der Waals surface area contributed by atoms with Crippen LogP contribution >= 0.6 is 11.3 Å². The van der Waals surface area contributed by atoms with Crippen LogP contribution in [0.4, 0.5) is 20.9 Å². The summed E-state index contributed by atoms with van der Waals surface area (Å²) in [5.41, 5.74) is 5.04. The van der Waals surface area contributed by atoms with Crippen LogP contribution in [0.25, 0.3) is 16.8 Å². The largest absolute Gasteiger partial charge is 0.380 e. The Morgan fingerprint density at radius 3 is 2.48 bits per heavy atom. The first-order valence-corrected chi connectivity index (χ1v) is 15.2. The van der Waals surface area contributed by atoms with E-state index in [4.69, 9.17) is 10.1 Å². The Bertz CT molecular complexity index is 1680. The van der Waals surface area contributed by atoms with E-state index < -0.39 is 5.60 Å². The van der Waals surface area contributed by atoms with Crippen LogP contribution in [0.15, 0.2) is 36.4 Å². The standard InChI is InChI=1S/C31H34FN7O2S/c1-4-24-28(36(3)30-34-27(26(19-33)42-30)21-7-9-22(32)10-8-21)25-18-23(17-20(2)39(25)35-24)37-13-5-15-38(16-6-14-37)29(40)31(41)11-12-31/h7-10,17-18,41H,4-6,11-16H2,1-3H3. The molecule has 0 atom stereocenters. The monoisotopic (exact) mass is 587 g/mol. The van der Waals surface area contributed by atoms with Gasteiger partial charge in [-0.05, 0) is 75.4 Å². The smallest absolute Gasteiger partial charge is 0.254 e. The number of aryl methyl sites for hydroxylation is 2. The summed E-state index contributed by atoms with van der Waals surface area (Å²) in [6, 6.07) is 12.6. The molecule has 4 heterocycles. The Hall–Kier alpha value is -4.01. The highest BCUT2D eigenvalue weighted by Crippen LogP contribution is 2.40. The molecular formula is C31H34FN7O2S. The number of hydrogen-bond donors (Lipinski definition) is 1. The highest BCUT2D eigenvalue weighted by atomic mass is 32.1.